The highest BCUT2D eigenvalue weighted by atomic mass is 19.1. The van der Waals surface area contributed by atoms with Crippen LogP contribution in [0.5, 0.6) is 0 Å². The molecule has 24 heavy (non-hydrogen) atoms. The molecule has 2 rings (SSSR count). The molecule has 1 heterocycles. The molecule has 5 nitrogen and oxygen atoms in total. The molecule has 0 spiro atoms. The van der Waals surface area contributed by atoms with Crippen LogP contribution in [0, 0.1) is 5.82 Å². The topological polar surface area (TPSA) is 49.6 Å². The average molecular weight is 333 g/mol. The van der Waals surface area contributed by atoms with E-state index < -0.39 is 6.04 Å². The maximum atomic E-state index is 14.1. The third kappa shape index (κ3) is 4.00. The molecular weight excluding hydrogens is 309 g/mol. The Bertz CT molecular complexity index is 697. The summed E-state index contributed by atoms with van der Waals surface area (Å²) in [6.07, 6.45) is 0. The number of carbonyl (C=O) groups is 1. The van der Waals surface area contributed by atoms with E-state index in [1.807, 2.05) is 19.9 Å². The fourth-order valence-electron chi connectivity index (χ4n) is 2.53. The molecule has 0 bridgehead atoms. The second-order valence-corrected chi connectivity index (χ2v) is 6.46. The SMILES string of the molecule is CC(C)c1cc(CN(C)C(=O)[C@H](c2ccccc2F)N(C)C)no1. The van der Waals surface area contributed by atoms with E-state index in [0.717, 1.165) is 5.76 Å². The van der Waals surface area contributed by atoms with Crippen LogP contribution in [0.15, 0.2) is 34.9 Å². The van der Waals surface area contributed by atoms with Gasteiger partial charge >= 0.3 is 0 Å². The quantitative estimate of drug-likeness (QED) is 0.814. The van der Waals surface area contributed by atoms with Gasteiger partial charge in [0.2, 0.25) is 5.91 Å². The number of likely N-dealkylation sites (N-methyl/N-ethyl adjacent to an activating group) is 2. The Kier molecular flexibility index (Phi) is 5.72. The molecule has 0 N–H and O–H groups in total. The Labute approximate surface area is 142 Å². The van der Waals surface area contributed by atoms with Crippen molar-refractivity contribution in [1.82, 2.24) is 15.0 Å². The maximum absolute atomic E-state index is 14.1. The second-order valence-electron chi connectivity index (χ2n) is 6.46. The van der Waals surface area contributed by atoms with Crippen molar-refractivity contribution in [3.63, 3.8) is 0 Å². The predicted octanol–water partition coefficient (Wildman–Crippen LogP) is 3.20. The Balaban J connectivity index is 2.18. The summed E-state index contributed by atoms with van der Waals surface area (Å²) in [6, 6.07) is 7.51. The minimum atomic E-state index is -0.687. The summed E-state index contributed by atoms with van der Waals surface area (Å²) < 4.78 is 19.4. The molecule has 1 amide bonds. The average Bonchev–Trinajstić information content (AvgIpc) is 2.97. The number of hydrogen-bond donors (Lipinski definition) is 0. The molecule has 0 saturated heterocycles. The van der Waals surface area contributed by atoms with Gasteiger partial charge in [-0.25, -0.2) is 4.39 Å². The Hall–Kier alpha value is -2.21. The number of amides is 1. The van der Waals surface area contributed by atoms with Gasteiger partial charge in [0.1, 0.15) is 23.3 Å². The zero-order valence-corrected chi connectivity index (χ0v) is 14.8. The fourth-order valence-corrected chi connectivity index (χ4v) is 2.53. The van der Waals surface area contributed by atoms with Crippen LogP contribution in [0.3, 0.4) is 0 Å². The van der Waals surface area contributed by atoms with Crippen LogP contribution in [-0.4, -0.2) is 42.0 Å². The molecular formula is C18H24FN3O2. The highest BCUT2D eigenvalue weighted by Crippen LogP contribution is 2.24. The molecule has 6 heteroatoms. The molecule has 0 aliphatic rings. The van der Waals surface area contributed by atoms with Crippen LogP contribution >= 0.6 is 0 Å². The molecule has 1 aromatic carbocycles. The van der Waals surface area contributed by atoms with E-state index in [-0.39, 0.29) is 17.6 Å². The van der Waals surface area contributed by atoms with E-state index >= 15 is 0 Å². The van der Waals surface area contributed by atoms with E-state index in [1.54, 1.807) is 49.1 Å². The van der Waals surface area contributed by atoms with Crippen LogP contribution in [0.2, 0.25) is 0 Å². The maximum Gasteiger partial charge on any atom is 0.244 e. The number of nitrogens with zero attached hydrogens (tertiary/aromatic N) is 3. The number of halogens is 1. The van der Waals surface area contributed by atoms with Crippen LogP contribution < -0.4 is 0 Å². The number of benzene rings is 1. The monoisotopic (exact) mass is 333 g/mol. The highest BCUT2D eigenvalue weighted by Gasteiger charge is 2.28. The van der Waals surface area contributed by atoms with Crippen molar-refractivity contribution in [2.24, 2.45) is 0 Å². The lowest BCUT2D eigenvalue weighted by atomic mass is 10.0. The van der Waals surface area contributed by atoms with Gasteiger partial charge in [-0.05, 0) is 20.2 Å². The molecule has 1 aromatic heterocycles. The summed E-state index contributed by atoms with van der Waals surface area (Å²) in [5.41, 5.74) is 1.04. The lowest BCUT2D eigenvalue weighted by molar-refractivity contribution is -0.135. The third-order valence-corrected chi connectivity index (χ3v) is 3.87. The zero-order chi connectivity index (χ0) is 17.9. The molecule has 0 aliphatic heterocycles. The molecule has 0 aliphatic carbocycles. The lowest BCUT2D eigenvalue weighted by Gasteiger charge is -2.28. The predicted molar refractivity (Wildman–Crippen MR) is 89.9 cm³/mol. The largest absolute Gasteiger partial charge is 0.361 e. The zero-order valence-electron chi connectivity index (χ0n) is 14.8. The van der Waals surface area contributed by atoms with Crippen LogP contribution in [0.25, 0.3) is 0 Å². The van der Waals surface area contributed by atoms with Crippen molar-refractivity contribution in [2.75, 3.05) is 21.1 Å². The number of hydrogen-bond acceptors (Lipinski definition) is 4. The highest BCUT2D eigenvalue weighted by molar-refractivity contribution is 5.83. The Morgan fingerprint density at radius 3 is 2.46 bits per heavy atom. The first kappa shape index (κ1) is 18.1. The van der Waals surface area contributed by atoms with Gasteiger partial charge in [0, 0.05) is 24.6 Å². The Morgan fingerprint density at radius 2 is 1.92 bits per heavy atom. The van der Waals surface area contributed by atoms with Crippen molar-refractivity contribution in [2.45, 2.75) is 32.4 Å². The van der Waals surface area contributed by atoms with Gasteiger partial charge in [-0.2, -0.15) is 0 Å². The van der Waals surface area contributed by atoms with Gasteiger partial charge in [-0.15, -0.1) is 0 Å². The summed E-state index contributed by atoms with van der Waals surface area (Å²) in [7, 11) is 5.20. The summed E-state index contributed by atoms with van der Waals surface area (Å²) in [5, 5.41) is 4.00. The molecule has 0 radical (unpaired) electrons. The van der Waals surface area contributed by atoms with E-state index in [0.29, 0.717) is 17.8 Å². The number of carbonyl (C=O) groups excluding carboxylic acids is 1. The van der Waals surface area contributed by atoms with Crippen LogP contribution in [-0.2, 0) is 11.3 Å². The van der Waals surface area contributed by atoms with Crippen molar-refractivity contribution in [1.29, 1.82) is 0 Å². The Morgan fingerprint density at radius 1 is 1.25 bits per heavy atom. The minimum Gasteiger partial charge on any atom is -0.361 e. The summed E-state index contributed by atoms with van der Waals surface area (Å²) in [4.78, 5) is 16.1. The normalized spacial score (nSPS) is 12.7. The standard InChI is InChI=1S/C18H24FN3O2/c1-12(2)16-10-13(20-24-16)11-22(5)18(23)17(21(3)4)14-8-6-7-9-15(14)19/h6-10,12,17H,11H2,1-5H3/t17-/m0/s1. The van der Waals surface area contributed by atoms with Gasteiger partial charge in [0.05, 0.1) is 6.54 Å². The van der Waals surface area contributed by atoms with Crippen molar-refractivity contribution < 1.29 is 13.7 Å². The van der Waals surface area contributed by atoms with Gasteiger partial charge in [0.25, 0.3) is 0 Å². The van der Waals surface area contributed by atoms with Crippen LogP contribution in [0.1, 0.15) is 42.8 Å². The van der Waals surface area contributed by atoms with E-state index in [4.69, 9.17) is 4.52 Å². The van der Waals surface area contributed by atoms with Gasteiger partial charge in [-0.3, -0.25) is 9.69 Å². The lowest BCUT2D eigenvalue weighted by Crippen LogP contribution is -2.38. The molecule has 0 unspecified atom stereocenters. The molecule has 0 saturated carbocycles. The first-order valence-electron chi connectivity index (χ1n) is 7.92. The number of aromatic nitrogens is 1. The van der Waals surface area contributed by atoms with Crippen LogP contribution in [0.4, 0.5) is 4.39 Å². The molecule has 0 fully saturated rings. The van der Waals surface area contributed by atoms with Crippen molar-refractivity contribution in [3.8, 4) is 0 Å². The van der Waals surface area contributed by atoms with Gasteiger partial charge in [-0.1, -0.05) is 37.2 Å². The fraction of sp³-hybridized carbons (Fsp3) is 0.444. The molecule has 1 atom stereocenters. The van der Waals surface area contributed by atoms with Crippen molar-refractivity contribution in [3.05, 3.63) is 53.2 Å². The van der Waals surface area contributed by atoms with E-state index in [2.05, 4.69) is 5.16 Å². The first-order chi connectivity index (χ1) is 11.3. The second kappa shape index (κ2) is 7.57. The van der Waals surface area contributed by atoms with Gasteiger partial charge in [0.15, 0.2) is 0 Å². The molecule has 2 aromatic rings. The summed E-state index contributed by atoms with van der Waals surface area (Å²) >= 11 is 0. The summed E-state index contributed by atoms with van der Waals surface area (Å²) in [6.45, 7) is 4.34. The van der Waals surface area contributed by atoms with Gasteiger partial charge < -0.3 is 9.42 Å². The minimum absolute atomic E-state index is 0.195. The summed E-state index contributed by atoms with van der Waals surface area (Å²) in [5.74, 6) is 0.435. The van der Waals surface area contributed by atoms with E-state index in [9.17, 15) is 9.18 Å². The third-order valence-electron chi connectivity index (χ3n) is 3.87. The molecule has 130 valence electrons. The van der Waals surface area contributed by atoms with Crippen molar-refractivity contribution >= 4 is 5.91 Å². The smallest absolute Gasteiger partial charge is 0.244 e. The van der Waals surface area contributed by atoms with E-state index in [1.165, 1.54) is 6.07 Å². The first-order valence-corrected chi connectivity index (χ1v) is 7.92. The number of rotatable bonds is 6.